The van der Waals surface area contributed by atoms with Crippen LogP contribution in [0.25, 0.3) is 0 Å². The van der Waals surface area contributed by atoms with Gasteiger partial charge < -0.3 is 10.0 Å². The number of hydrogen-bond donors (Lipinski definition) is 1. The third-order valence-electron chi connectivity index (χ3n) is 3.53. The molecule has 2 rings (SSSR count). The summed E-state index contributed by atoms with van der Waals surface area (Å²) >= 11 is 0. The zero-order valence-corrected chi connectivity index (χ0v) is 12.5. The van der Waals surface area contributed by atoms with E-state index in [1.165, 1.54) is 0 Å². The van der Waals surface area contributed by atoms with Crippen LogP contribution in [0.15, 0.2) is 24.3 Å². The lowest BCUT2D eigenvalue weighted by Gasteiger charge is -2.37. The molecule has 0 unspecified atom stereocenters. The molecule has 1 heterocycles. The third kappa shape index (κ3) is 4.28. The summed E-state index contributed by atoms with van der Waals surface area (Å²) in [5, 5.41) is 18.6. The highest BCUT2D eigenvalue weighted by molar-refractivity contribution is 5.94. The van der Waals surface area contributed by atoms with E-state index >= 15 is 0 Å². The monoisotopic (exact) mass is 287 g/mol. The molecule has 1 aliphatic rings. The molecule has 0 aromatic heterocycles. The first-order valence-corrected chi connectivity index (χ1v) is 7.13. The number of nitrogens with zero attached hydrogens (tertiary/aromatic N) is 3. The second-order valence-corrected chi connectivity index (χ2v) is 6.07. The van der Waals surface area contributed by atoms with Crippen LogP contribution in [0.5, 0.6) is 0 Å². The predicted octanol–water partition coefficient (Wildman–Crippen LogP) is 1.09. The van der Waals surface area contributed by atoms with Crippen LogP contribution in [0, 0.1) is 11.3 Å². The van der Waals surface area contributed by atoms with Crippen LogP contribution >= 0.6 is 0 Å². The number of rotatable bonds is 3. The number of carbonyl (C=O) groups is 1. The Morgan fingerprint density at radius 3 is 2.29 bits per heavy atom. The zero-order chi connectivity index (χ0) is 15.5. The molecule has 0 saturated carbocycles. The zero-order valence-electron chi connectivity index (χ0n) is 12.5. The molecular formula is C16H21N3O2. The molecule has 0 radical (unpaired) electrons. The Bertz CT molecular complexity index is 532. The SMILES string of the molecule is CC(C)(O)CN1CCN(C(=O)c2ccc(C#N)cc2)CC1. The largest absolute Gasteiger partial charge is 0.389 e. The highest BCUT2D eigenvalue weighted by Gasteiger charge is 2.25. The molecular weight excluding hydrogens is 266 g/mol. The van der Waals surface area contributed by atoms with E-state index in [1.807, 2.05) is 11.0 Å². The fraction of sp³-hybridized carbons (Fsp3) is 0.500. The first-order chi connectivity index (χ1) is 9.89. The van der Waals surface area contributed by atoms with Crippen LogP contribution in [0.1, 0.15) is 29.8 Å². The van der Waals surface area contributed by atoms with E-state index in [0.29, 0.717) is 30.8 Å². The molecule has 0 spiro atoms. The molecule has 5 heteroatoms. The number of piperazine rings is 1. The maximum atomic E-state index is 12.4. The van der Waals surface area contributed by atoms with E-state index in [2.05, 4.69) is 4.90 Å². The molecule has 1 aromatic rings. The van der Waals surface area contributed by atoms with E-state index in [0.717, 1.165) is 13.1 Å². The third-order valence-corrected chi connectivity index (χ3v) is 3.53. The Hall–Kier alpha value is -1.90. The molecule has 0 aliphatic carbocycles. The summed E-state index contributed by atoms with van der Waals surface area (Å²) in [5.74, 6) is 0.00222. The average molecular weight is 287 g/mol. The number of benzene rings is 1. The van der Waals surface area contributed by atoms with Crippen molar-refractivity contribution >= 4 is 5.91 Å². The van der Waals surface area contributed by atoms with Gasteiger partial charge in [-0.2, -0.15) is 5.26 Å². The molecule has 1 aliphatic heterocycles. The van der Waals surface area contributed by atoms with Crippen molar-refractivity contribution in [2.75, 3.05) is 32.7 Å². The molecule has 1 saturated heterocycles. The van der Waals surface area contributed by atoms with Crippen molar-refractivity contribution in [3.05, 3.63) is 35.4 Å². The lowest BCUT2D eigenvalue weighted by Crippen LogP contribution is -2.51. The summed E-state index contributed by atoms with van der Waals surface area (Å²) in [6.07, 6.45) is 0. The highest BCUT2D eigenvalue weighted by atomic mass is 16.3. The second-order valence-electron chi connectivity index (χ2n) is 6.07. The lowest BCUT2D eigenvalue weighted by atomic mass is 10.1. The summed E-state index contributed by atoms with van der Waals surface area (Å²) in [4.78, 5) is 16.4. The van der Waals surface area contributed by atoms with Crippen molar-refractivity contribution in [2.24, 2.45) is 0 Å². The summed E-state index contributed by atoms with van der Waals surface area (Å²) in [7, 11) is 0. The van der Waals surface area contributed by atoms with Crippen molar-refractivity contribution in [2.45, 2.75) is 19.4 Å². The quantitative estimate of drug-likeness (QED) is 0.903. The fourth-order valence-corrected chi connectivity index (χ4v) is 2.53. The van der Waals surface area contributed by atoms with Gasteiger partial charge >= 0.3 is 0 Å². The number of amides is 1. The van der Waals surface area contributed by atoms with Gasteiger partial charge in [-0.05, 0) is 38.1 Å². The van der Waals surface area contributed by atoms with Gasteiger partial charge in [-0.1, -0.05) is 0 Å². The van der Waals surface area contributed by atoms with Gasteiger partial charge in [-0.25, -0.2) is 0 Å². The summed E-state index contributed by atoms with van der Waals surface area (Å²) in [6.45, 7) is 7.07. The summed E-state index contributed by atoms with van der Waals surface area (Å²) < 4.78 is 0. The number of nitriles is 1. The minimum Gasteiger partial charge on any atom is -0.389 e. The van der Waals surface area contributed by atoms with Gasteiger partial charge in [-0.15, -0.1) is 0 Å². The number of hydrogen-bond acceptors (Lipinski definition) is 4. The van der Waals surface area contributed by atoms with E-state index < -0.39 is 5.60 Å². The van der Waals surface area contributed by atoms with Crippen molar-refractivity contribution < 1.29 is 9.90 Å². The maximum Gasteiger partial charge on any atom is 0.253 e. The Balaban J connectivity index is 1.92. The topological polar surface area (TPSA) is 67.6 Å². The summed E-state index contributed by atoms with van der Waals surface area (Å²) in [5.41, 5.74) is 0.464. The second kappa shape index (κ2) is 6.25. The van der Waals surface area contributed by atoms with Gasteiger partial charge in [0.25, 0.3) is 5.91 Å². The molecule has 1 aromatic carbocycles. The minimum atomic E-state index is -0.709. The Kier molecular flexibility index (Phi) is 4.61. The van der Waals surface area contributed by atoms with Crippen LogP contribution in [0.2, 0.25) is 0 Å². The van der Waals surface area contributed by atoms with Gasteiger partial charge in [0.05, 0.1) is 17.2 Å². The Morgan fingerprint density at radius 2 is 1.81 bits per heavy atom. The first kappa shape index (κ1) is 15.5. The molecule has 1 fully saturated rings. The first-order valence-electron chi connectivity index (χ1n) is 7.13. The Labute approximate surface area is 125 Å². The van der Waals surface area contributed by atoms with Crippen molar-refractivity contribution in [3.63, 3.8) is 0 Å². The maximum absolute atomic E-state index is 12.4. The number of carbonyl (C=O) groups excluding carboxylic acids is 1. The molecule has 0 atom stereocenters. The normalized spacial score (nSPS) is 16.6. The van der Waals surface area contributed by atoms with Crippen molar-refractivity contribution in [1.82, 2.24) is 9.80 Å². The molecule has 5 nitrogen and oxygen atoms in total. The number of aliphatic hydroxyl groups is 1. The summed E-state index contributed by atoms with van der Waals surface area (Å²) in [6, 6.07) is 8.77. The van der Waals surface area contributed by atoms with E-state index in [9.17, 15) is 9.90 Å². The van der Waals surface area contributed by atoms with E-state index in [-0.39, 0.29) is 5.91 Å². The molecule has 1 amide bonds. The van der Waals surface area contributed by atoms with Crippen LogP contribution in [-0.4, -0.2) is 59.1 Å². The standard InChI is InChI=1S/C16H21N3O2/c1-16(2,21)12-18-7-9-19(10-8-18)15(20)14-5-3-13(11-17)4-6-14/h3-6,21H,7-10,12H2,1-2H3. The van der Waals surface area contributed by atoms with Crippen LogP contribution in [-0.2, 0) is 0 Å². The van der Waals surface area contributed by atoms with Gasteiger partial charge in [0.2, 0.25) is 0 Å². The molecule has 21 heavy (non-hydrogen) atoms. The molecule has 0 bridgehead atoms. The van der Waals surface area contributed by atoms with Gasteiger partial charge in [0.15, 0.2) is 0 Å². The average Bonchev–Trinajstić information content (AvgIpc) is 2.46. The van der Waals surface area contributed by atoms with Crippen LogP contribution < -0.4 is 0 Å². The highest BCUT2D eigenvalue weighted by Crippen LogP contribution is 2.12. The van der Waals surface area contributed by atoms with Crippen molar-refractivity contribution in [3.8, 4) is 6.07 Å². The lowest BCUT2D eigenvalue weighted by molar-refractivity contribution is 0.0178. The van der Waals surface area contributed by atoms with Gasteiger partial charge in [-0.3, -0.25) is 9.69 Å². The predicted molar refractivity (Wildman–Crippen MR) is 79.8 cm³/mol. The number of β-amino-alcohol motifs (C(OH)–C–C–N with tert-alkyl or cyclic N) is 1. The van der Waals surface area contributed by atoms with E-state index in [4.69, 9.17) is 5.26 Å². The Morgan fingerprint density at radius 1 is 1.24 bits per heavy atom. The minimum absolute atomic E-state index is 0.00222. The molecule has 1 N–H and O–H groups in total. The van der Waals surface area contributed by atoms with Crippen LogP contribution in [0.3, 0.4) is 0 Å². The smallest absolute Gasteiger partial charge is 0.253 e. The van der Waals surface area contributed by atoms with Gasteiger partial charge in [0, 0.05) is 38.3 Å². The van der Waals surface area contributed by atoms with E-state index in [1.54, 1.807) is 38.1 Å². The van der Waals surface area contributed by atoms with Crippen LogP contribution in [0.4, 0.5) is 0 Å². The molecule has 112 valence electrons. The fourth-order valence-electron chi connectivity index (χ4n) is 2.53. The van der Waals surface area contributed by atoms with Crippen molar-refractivity contribution in [1.29, 1.82) is 5.26 Å². The van der Waals surface area contributed by atoms with Gasteiger partial charge in [0.1, 0.15) is 0 Å².